The third kappa shape index (κ3) is 3.14. The number of aromatic carboxylic acids is 1. The van der Waals surface area contributed by atoms with Crippen LogP contribution in [0.4, 0.5) is 5.69 Å². The minimum absolute atomic E-state index is 0.0281. The molecule has 0 atom stereocenters. The van der Waals surface area contributed by atoms with Gasteiger partial charge >= 0.3 is 5.97 Å². The number of aromatic hydroxyl groups is 2. The lowest BCUT2D eigenvalue weighted by atomic mass is 10.1. The van der Waals surface area contributed by atoms with Crippen molar-refractivity contribution in [3.05, 3.63) is 52.0 Å². The first-order valence-corrected chi connectivity index (χ1v) is 6.54. The number of carboxylic acid groups (broad SMARTS) is 1. The molecule has 0 fully saturated rings. The average Bonchev–Trinajstić information content (AvgIpc) is 2.43. The van der Waals surface area contributed by atoms with Gasteiger partial charge in [0.1, 0.15) is 17.1 Å². The van der Waals surface area contributed by atoms with E-state index in [0.717, 1.165) is 6.07 Å². The molecule has 21 heavy (non-hydrogen) atoms. The molecule has 0 unspecified atom stereocenters. The number of anilines is 1. The van der Waals surface area contributed by atoms with Gasteiger partial charge in [-0.3, -0.25) is 4.79 Å². The van der Waals surface area contributed by atoms with E-state index in [1.54, 1.807) is 12.1 Å². The van der Waals surface area contributed by atoms with Crippen molar-refractivity contribution in [2.24, 2.45) is 0 Å². The zero-order valence-corrected chi connectivity index (χ0v) is 12.1. The number of halogens is 1. The number of carbonyl (C=O) groups excluding carboxylic acids is 1. The Kier molecular flexibility index (Phi) is 4.13. The van der Waals surface area contributed by atoms with Crippen LogP contribution >= 0.6 is 15.9 Å². The van der Waals surface area contributed by atoms with E-state index in [-0.39, 0.29) is 21.5 Å². The Labute approximate surface area is 127 Å². The van der Waals surface area contributed by atoms with E-state index >= 15 is 0 Å². The molecule has 0 bridgehead atoms. The van der Waals surface area contributed by atoms with Gasteiger partial charge in [0, 0.05) is 5.56 Å². The molecule has 108 valence electrons. The Balaban J connectivity index is 2.36. The normalized spacial score (nSPS) is 10.1. The van der Waals surface area contributed by atoms with Crippen molar-refractivity contribution in [1.82, 2.24) is 0 Å². The summed E-state index contributed by atoms with van der Waals surface area (Å²) in [5.41, 5.74) is -0.171. The Morgan fingerprint density at radius 1 is 1.10 bits per heavy atom. The Hall–Kier alpha value is -2.54. The number of benzene rings is 2. The molecule has 1 amide bonds. The molecule has 4 N–H and O–H groups in total. The lowest BCUT2D eigenvalue weighted by Gasteiger charge is -2.09. The van der Waals surface area contributed by atoms with Crippen molar-refractivity contribution in [2.75, 3.05) is 5.32 Å². The van der Waals surface area contributed by atoms with Crippen LogP contribution in [0, 0.1) is 0 Å². The number of amides is 1. The Morgan fingerprint density at radius 3 is 2.38 bits per heavy atom. The molecule has 0 aliphatic rings. The second-order valence-corrected chi connectivity index (χ2v) is 4.98. The topological polar surface area (TPSA) is 107 Å². The van der Waals surface area contributed by atoms with Gasteiger partial charge in [-0.15, -0.1) is 0 Å². The van der Waals surface area contributed by atoms with Gasteiger partial charge in [0.25, 0.3) is 5.91 Å². The van der Waals surface area contributed by atoms with Gasteiger partial charge in [0.2, 0.25) is 0 Å². The summed E-state index contributed by atoms with van der Waals surface area (Å²) in [7, 11) is 0. The van der Waals surface area contributed by atoms with E-state index in [1.165, 1.54) is 18.2 Å². The first kappa shape index (κ1) is 14.9. The minimum atomic E-state index is -1.36. The summed E-state index contributed by atoms with van der Waals surface area (Å²) in [6.07, 6.45) is 0. The van der Waals surface area contributed by atoms with Crippen LogP contribution in [0.2, 0.25) is 0 Å². The maximum absolute atomic E-state index is 12.1. The molecule has 0 heterocycles. The molecule has 0 radical (unpaired) electrons. The molecule has 7 heteroatoms. The van der Waals surface area contributed by atoms with Crippen LogP contribution in [0.25, 0.3) is 0 Å². The number of carboxylic acids is 1. The summed E-state index contributed by atoms with van der Waals surface area (Å²) in [5, 5.41) is 30.6. The van der Waals surface area contributed by atoms with Crippen LogP contribution in [0.3, 0.4) is 0 Å². The van der Waals surface area contributed by atoms with Gasteiger partial charge in [-0.25, -0.2) is 4.79 Å². The zero-order valence-electron chi connectivity index (χ0n) is 10.5. The summed E-state index contributed by atoms with van der Waals surface area (Å²) in [5.74, 6) is -2.53. The van der Waals surface area contributed by atoms with Crippen LogP contribution in [0.1, 0.15) is 20.7 Å². The largest absolute Gasteiger partial charge is 0.506 e. The van der Waals surface area contributed by atoms with Gasteiger partial charge in [0.05, 0.1) is 10.2 Å². The summed E-state index contributed by atoms with van der Waals surface area (Å²) in [6, 6.07) is 8.48. The first-order chi connectivity index (χ1) is 9.90. The second-order valence-electron chi connectivity index (χ2n) is 4.13. The Morgan fingerprint density at radius 2 is 1.76 bits per heavy atom. The number of phenols is 2. The highest BCUT2D eigenvalue weighted by Gasteiger charge is 2.18. The van der Waals surface area contributed by atoms with Gasteiger partial charge in [-0.2, -0.15) is 0 Å². The molecule has 6 nitrogen and oxygen atoms in total. The smallest absolute Gasteiger partial charge is 0.339 e. The standard InChI is InChI=1S/C14H10BrNO5/c15-9-6-7(5-8(12(9)18)14(20)21)13(19)16-10-3-1-2-4-11(10)17/h1-6,17-18H,(H,16,19)(H,20,21). The molecular formula is C14H10BrNO5. The molecule has 0 aliphatic carbocycles. The van der Waals surface area contributed by atoms with Crippen LogP contribution in [0.5, 0.6) is 11.5 Å². The monoisotopic (exact) mass is 351 g/mol. The van der Waals surface area contributed by atoms with Crippen molar-refractivity contribution < 1.29 is 24.9 Å². The fourth-order valence-electron chi connectivity index (χ4n) is 1.67. The number of carbonyl (C=O) groups is 2. The van der Waals surface area contributed by atoms with Crippen LogP contribution in [0.15, 0.2) is 40.9 Å². The van der Waals surface area contributed by atoms with Crippen molar-refractivity contribution in [3.8, 4) is 11.5 Å². The van der Waals surface area contributed by atoms with Crippen LogP contribution in [-0.4, -0.2) is 27.2 Å². The highest BCUT2D eigenvalue weighted by atomic mass is 79.9. The number of hydrogen-bond donors (Lipinski definition) is 4. The summed E-state index contributed by atoms with van der Waals surface area (Å²) >= 11 is 2.99. The fourth-order valence-corrected chi connectivity index (χ4v) is 2.13. The molecule has 0 spiro atoms. The second kappa shape index (κ2) is 5.84. The quantitative estimate of drug-likeness (QED) is 0.636. The molecule has 0 saturated heterocycles. The molecular weight excluding hydrogens is 342 g/mol. The maximum atomic E-state index is 12.1. The van der Waals surface area contributed by atoms with Crippen molar-refractivity contribution in [2.45, 2.75) is 0 Å². The van der Waals surface area contributed by atoms with Gasteiger partial charge in [-0.1, -0.05) is 12.1 Å². The summed E-state index contributed by atoms with van der Waals surface area (Å²) in [6.45, 7) is 0. The first-order valence-electron chi connectivity index (χ1n) is 5.75. The lowest BCUT2D eigenvalue weighted by molar-refractivity contribution is 0.0693. The lowest BCUT2D eigenvalue weighted by Crippen LogP contribution is -2.13. The number of nitrogens with one attached hydrogen (secondary N) is 1. The highest BCUT2D eigenvalue weighted by molar-refractivity contribution is 9.10. The predicted molar refractivity (Wildman–Crippen MR) is 78.8 cm³/mol. The van der Waals surface area contributed by atoms with Gasteiger partial charge in [-0.05, 0) is 40.2 Å². The molecule has 2 aromatic rings. The van der Waals surface area contributed by atoms with E-state index in [4.69, 9.17) is 5.11 Å². The highest BCUT2D eigenvalue weighted by Crippen LogP contribution is 2.30. The van der Waals surface area contributed by atoms with E-state index in [9.17, 15) is 19.8 Å². The van der Waals surface area contributed by atoms with E-state index in [2.05, 4.69) is 21.2 Å². The summed E-state index contributed by atoms with van der Waals surface area (Å²) < 4.78 is 0.0878. The number of rotatable bonds is 3. The predicted octanol–water partition coefficient (Wildman–Crippen LogP) is 2.81. The fraction of sp³-hybridized carbons (Fsp3) is 0. The van der Waals surface area contributed by atoms with Crippen molar-refractivity contribution >= 4 is 33.5 Å². The van der Waals surface area contributed by atoms with Crippen LogP contribution < -0.4 is 5.32 Å². The number of hydrogen-bond acceptors (Lipinski definition) is 4. The van der Waals surface area contributed by atoms with Crippen molar-refractivity contribution in [3.63, 3.8) is 0 Å². The van der Waals surface area contributed by atoms with Crippen molar-refractivity contribution in [1.29, 1.82) is 0 Å². The maximum Gasteiger partial charge on any atom is 0.339 e. The van der Waals surface area contributed by atoms with E-state index in [1.807, 2.05) is 0 Å². The SMILES string of the molecule is O=C(Nc1ccccc1O)c1cc(Br)c(O)c(C(=O)O)c1. The zero-order chi connectivity index (χ0) is 15.6. The van der Waals surface area contributed by atoms with Gasteiger partial charge in [0.15, 0.2) is 0 Å². The van der Waals surface area contributed by atoms with E-state index in [0.29, 0.717) is 0 Å². The molecule has 0 aromatic heterocycles. The van der Waals surface area contributed by atoms with Crippen LogP contribution in [-0.2, 0) is 0 Å². The molecule has 2 rings (SSSR count). The summed E-state index contributed by atoms with van der Waals surface area (Å²) in [4.78, 5) is 23.1. The Bertz CT molecular complexity index is 729. The number of para-hydroxylation sites is 2. The molecule has 0 aliphatic heterocycles. The number of phenolic OH excluding ortho intramolecular Hbond substituents is 1. The minimum Gasteiger partial charge on any atom is -0.506 e. The average molecular weight is 352 g/mol. The third-order valence-corrected chi connectivity index (χ3v) is 3.31. The molecule has 0 saturated carbocycles. The van der Waals surface area contributed by atoms with Gasteiger partial charge < -0.3 is 20.6 Å². The third-order valence-electron chi connectivity index (χ3n) is 2.71. The molecule has 2 aromatic carbocycles. The van der Waals surface area contributed by atoms with E-state index < -0.39 is 23.2 Å².